The summed E-state index contributed by atoms with van der Waals surface area (Å²) < 4.78 is 8.83. The Morgan fingerprint density at radius 1 is 0.339 bits per heavy atom. The molecule has 0 radical (unpaired) electrons. The normalized spacial score (nSPS) is 11.6. The Labute approximate surface area is 322 Å². The van der Waals surface area contributed by atoms with E-state index in [1.54, 1.807) is 0 Å². The monoisotopic (exact) mass is 716 g/mol. The van der Waals surface area contributed by atoms with Gasteiger partial charge >= 0.3 is 0 Å². The second kappa shape index (κ2) is 13.0. The first-order chi connectivity index (χ1) is 27.8. The molecule has 0 N–H and O–H groups in total. The fourth-order valence-corrected chi connectivity index (χ4v) is 8.09. The van der Waals surface area contributed by atoms with E-state index in [0.29, 0.717) is 17.5 Å². The molecule has 0 aliphatic heterocycles. The van der Waals surface area contributed by atoms with Crippen LogP contribution >= 0.6 is 0 Å². The van der Waals surface area contributed by atoms with Gasteiger partial charge in [-0.25, -0.2) is 15.0 Å². The van der Waals surface area contributed by atoms with Gasteiger partial charge in [-0.2, -0.15) is 0 Å². The van der Waals surface area contributed by atoms with Gasteiger partial charge in [-0.1, -0.05) is 140 Å². The third-order valence-electron chi connectivity index (χ3n) is 10.7. The zero-order valence-corrected chi connectivity index (χ0v) is 30.2. The van der Waals surface area contributed by atoms with Crippen LogP contribution in [0.1, 0.15) is 0 Å². The van der Waals surface area contributed by atoms with Gasteiger partial charge in [-0.15, -0.1) is 0 Å². The Balaban J connectivity index is 1.08. The van der Waals surface area contributed by atoms with Crippen molar-refractivity contribution in [3.63, 3.8) is 0 Å². The van der Waals surface area contributed by atoms with Crippen molar-refractivity contribution in [1.82, 2.24) is 19.5 Å². The summed E-state index contributed by atoms with van der Waals surface area (Å²) in [6.07, 6.45) is 0. The quantitative estimate of drug-likeness (QED) is 0.172. The fourth-order valence-electron chi connectivity index (χ4n) is 8.09. The average molecular weight is 717 g/mol. The van der Waals surface area contributed by atoms with Crippen LogP contribution in [0.3, 0.4) is 0 Å². The van der Waals surface area contributed by atoms with E-state index < -0.39 is 0 Å². The molecule has 0 amide bonds. The SMILES string of the molecule is c1ccc(-c2nc(-c3ccc(-n4c5ccccc5c5c(-c6ccccc6)cccc54)cc3)nc(-c3cc(-c4ccccc4)c4c(c3)oc3ccccc34)n2)cc1. The molecular formula is C51H32N4O. The molecule has 0 fully saturated rings. The molecule has 0 saturated carbocycles. The van der Waals surface area contributed by atoms with E-state index in [2.05, 4.69) is 150 Å². The predicted octanol–water partition coefficient (Wildman–Crippen LogP) is 13.2. The number of hydrogen-bond acceptors (Lipinski definition) is 4. The molecule has 0 spiro atoms. The molecule has 11 aromatic rings. The highest BCUT2D eigenvalue weighted by atomic mass is 16.3. The summed E-state index contributed by atoms with van der Waals surface area (Å²) in [6, 6.07) is 67.4. The fraction of sp³-hybridized carbons (Fsp3) is 0. The van der Waals surface area contributed by atoms with Gasteiger partial charge in [0.15, 0.2) is 17.5 Å². The summed E-state index contributed by atoms with van der Waals surface area (Å²) in [5.74, 6) is 1.78. The first-order valence-electron chi connectivity index (χ1n) is 18.8. The lowest BCUT2D eigenvalue weighted by Gasteiger charge is -2.12. The summed E-state index contributed by atoms with van der Waals surface area (Å²) in [5, 5.41) is 4.61. The van der Waals surface area contributed by atoms with E-state index in [0.717, 1.165) is 66.5 Å². The van der Waals surface area contributed by atoms with Crippen LogP contribution in [0, 0.1) is 0 Å². The molecule has 0 unspecified atom stereocenters. The minimum absolute atomic E-state index is 0.577. The van der Waals surface area contributed by atoms with Gasteiger partial charge in [-0.05, 0) is 76.9 Å². The second-order valence-electron chi connectivity index (χ2n) is 14.0. The number of para-hydroxylation sites is 2. The molecule has 0 aliphatic rings. The Kier molecular flexibility index (Phi) is 7.42. The number of aromatic nitrogens is 4. The van der Waals surface area contributed by atoms with Gasteiger partial charge < -0.3 is 8.98 Å². The minimum Gasteiger partial charge on any atom is -0.456 e. The standard InChI is InChI=1S/C51H32N4O/c1-4-15-33(16-5-1)39-23-14-25-44-47(39)40-21-10-12-24-43(40)55(44)38-29-27-36(28-30-38)50-52-49(35-19-8-3-9-20-35)53-51(54-50)37-31-42(34-17-6-2-7-18-34)48-41-22-11-13-26-45(41)56-46(48)32-37/h1-32H. The van der Waals surface area contributed by atoms with Crippen molar-refractivity contribution in [2.45, 2.75) is 0 Å². The van der Waals surface area contributed by atoms with Crippen molar-refractivity contribution in [3.8, 4) is 62.1 Å². The number of hydrogen-bond donors (Lipinski definition) is 0. The lowest BCUT2D eigenvalue weighted by atomic mass is 9.97. The van der Waals surface area contributed by atoms with E-state index in [1.807, 2.05) is 48.5 Å². The Hall–Kier alpha value is -7.63. The second-order valence-corrected chi connectivity index (χ2v) is 14.0. The van der Waals surface area contributed by atoms with Crippen LogP contribution in [0.2, 0.25) is 0 Å². The van der Waals surface area contributed by atoms with Crippen LogP contribution in [-0.4, -0.2) is 19.5 Å². The maximum Gasteiger partial charge on any atom is 0.164 e. The molecule has 0 aliphatic carbocycles. The van der Waals surface area contributed by atoms with Gasteiger partial charge in [-0.3, -0.25) is 0 Å². The number of nitrogens with zero attached hydrogens (tertiary/aromatic N) is 4. The van der Waals surface area contributed by atoms with Gasteiger partial charge in [0.05, 0.1) is 11.0 Å². The third kappa shape index (κ3) is 5.29. The number of furan rings is 1. The number of fused-ring (bicyclic) bond motifs is 6. The summed E-state index contributed by atoms with van der Waals surface area (Å²) >= 11 is 0. The van der Waals surface area contributed by atoms with Crippen LogP contribution in [0.25, 0.3) is 106 Å². The lowest BCUT2D eigenvalue weighted by Crippen LogP contribution is -2.01. The molecule has 11 rings (SSSR count). The molecule has 3 heterocycles. The summed E-state index contributed by atoms with van der Waals surface area (Å²) in [4.78, 5) is 15.3. The highest BCUT2D eigenvalue weighted by molar-refractivity contribution is 6.16. The molecule has 8 aromatic carbocycles. The van der Waals surface area contributed by atoms with Crippen molar-refractivity contribution in [1.29, 1.82) is 0 Å². The highest BCUT2D eigenvalue weighted by Gasteiger charge is 2.20. The van der Waals surface area contributed by atoms with E-state index >= 15 is 0 Å². The van der Waals surface area contributed by atoms with Crippen LogP contribution in [0.4, 0.5) is 0 Å². The van der Waals surface area contributed by atoms with Crippen molar-refractivity contribution >= 4 is 43.7 Å². The van der Waals surface area contributed by atoms with Crippen molar-refractivity contribution < 1.29 is 4.42 Å². The van der Waals surface area contributed by atoms with Gasteiger partial charge in [0.1, 0.15) is 11.2 Å². The molecule has 0 bridgehead atoms. The van der Waals surface area contributed by atoms with Crippen molar-refractivity contribution in [3.05, 3.63) is 194 Å². The molecular weight excluding hydrogens is 685 g/mol. The summed E-state index contributed by atoms with van der Waals surface area (Å²) in [7, 11) is 0. The highest BCUT2D eigenvalue weighted by Crippen LogP contribution is 2.41. The molecule has 0 atom stereocenters. The first kappa shape index (κ1) is 31.9. The van der Waals surface area contributed by atoms with Crippen molar-refractivity contribution in [2.75, 3.05) is 0 Å². The topological polar surface area (TPSA) is 56.7 Å². The van der Waals surface area contributed by atoms with Crippen LogP contribution in [-0.2, 0) is 0 Å². The van der Waals surface area contributed by atoms with E-state index in [1.165, 1.54) is 21.9 Å². The Bertz CT molecular complexity index is 3220. The zero-order chi connectivity index (χ0) is 37.0. The number of benzene rings is 8. The van der Waals surface area contributed by atoms with Gasteiger partial charge in [0, 0.05) is 43.9 Å². The predicted molar refractivity (Wildman–Crippen MR) is 229 cm³/mol. The molecule has 262 valence electrons. The summed E-state index contributed by atoms with van der Waals surface area (Å²) in [5.41, 5.74) is 12.3. The third-order valence-corrected chi connectivity index (χ3v) is 10.7. The molecule has 5 heteroatoms. The maximum atomic E-state index is 6.48. The van der Waals surface area contributed by atoms with E-state index in [4.69, 9.17) is 19.4 Å². The van der Waals surface area contributed by atoms with Crippen LogP contribution in [0.15, 0.2) is 199 Å². The van der Waals surface area contributed by atoms with Gasteiger partial charge in [0.25, 0.3) is 0 Å². The van der Waals surface area contributed by atoms with E-state index in [-0.39, 0.29) is 0 Å². The smallest absolute Gasteiger partial charge is 0.164 e. The number of rotatable bonds is 6. The van der Waals surface area contributed by atoms with E-state index in [9.17, 15) is 0 Å². The van der Waals surface area contributed by atoms with Crippen LogP contribution in [0.5, 0.6) is 0 Å². The summed E-state index contributed by atoms with van der Waals surface area (Å²) in [6.45, 7) is 0. The zero-order valence-electron chi connectivity index (χ0n) is 30.2. The Morgan fingerprint density at radius 3 is 1.57 bits per heavy atom. The Morgan fingerprint density at radius 2 is 0.875 bits per heavy atom. The molecule has 3 aromatic heterocycles. The molecule has 0 saturated heterocycles. The van der Waals surface area contributed by atoms with Crippen LogP contribution < -0.4 is 0 Å². The maximum absolute atomic E-state index is 6.48. The molecule has 56 heavy (non-hydrogen) atoms. The first-order valence-corrected chi connectivity index (χ1v) is 18.8. The lowest BCUT2D eigenvalue weighted by molar-refractivity contribution is 0.669. The average Bonchev–Trinajstić information content (AvgIpc) is 3.83. The molecule has 5 nitrogen and oxygen atoms in total. The largest absolute Gasteiger partial charge is 0.456 e. The van der Waals surface area contributed by atoms with Gasteiger partial charge in [0.2, 0.25) is 0 Å². The minimum atomic E-state index is 0.577. The van der Waals surface area contributed by atoms with Crippen molar-refractivity contribution in [2.24, 2.45) is 0 Å².